The number of amides is 2. The Labute approximate surface area is 118 Å². The highest BCUT2D eigenvalue weighted by Crippen LogP contribution is 2.35. The molecule has 0 radical (unpaired) electrons. The first-order chi connectivity index (χ1) is 9.51. The Balaban J connectivity index is 2.45. The lowest BCUT2D eigenvalue weighted by Crippen LogP contribution is -2.20. The number of nitrogens with one attached hydrogen (secondary N) is 1. The maximum Gasteiger partial charge on any atom is 0.340 e. The van der Waals surface area contributed by atoms with Gasteiger partial charge >= 0.3 is 12.0 Å². The number of urea groups is 1. The number of anilines is 1. The zero-order valence-electron chi connectivity index (χ0n) is 10.5. The van der Waals surface area contributed by atoms with E-state index in [1.165, 1.54) is 19.2 Å². The van der Waals surface area contributed by atoms with Crippen molar-refractivity contribution in [3.8, 4) is 10.4 Å². The molecule has 0 aliphatic carbocycles. The molecular formula is C13H11FN2O3S. The summed E-state index contributed by atoms with van der Waals surface area (Å²) in [7, 11) is 1.24. The maximum absolute atomic E-state index is 12.9. The molecule has 104 valence electrons. The number of primary amides is 1. The van der Waals surface area contributed by atoms with Crippen LogP contribution in [0.15, 0.2) is 30.3 Å². The van der Waals surface area contributed by atoms with Crippen LogP contribution < -0.4 is 11.1 Å². The van der Waals surface area contributed by atoms with Gasteiger partial charge in [0.2, 0.25) is 0 Å². The first-order valence-corrected chi connectivity index (χ1v) is 6.37. The Morgan fingerprint density at radius 2 is 1.95 bits per heavy atom. The third-order valence-corrected chi connectivity index (χ3v) is 3.60. The van der Waals surface area contributed by atoms with E-state index in [1.807, 2.05) is 0 Å². The Hall–Kier alpha value is -2.41. The van der Waals surface area contributed by atoms with Gasteiger partial charge in [-0.3, -0.25) is 5.32 Å². The Bertz CT molecular complexity index is 652. The molecule has 1 aromatic carbocycles. The normalized spacial score (nSPS) is 10.1. The van der Waals surface area contributed by atoms with E-state index in [0.717, 1.165) is 16.9 Å². The number of ether oxygens (including phenoxy) is 1. The summed E-state index contributed by atoms with van der Waals surface area (Å²) in [6.07, 6.45) is 0. The fraction of sp³-hybridized carbons (Fsp3) is 0.0769. The summed E-state index contributed by atoms with van der Waals surface area (Å²) in [4.78, 5) is 23.3. The van der Waals surface area contributed by atoms with Crippen molar-refractivity contribution in [1.29, 1.82) is 0 Å². The molecule has 20 heavy (non-hydrogen) atoms. The van der Waals surface area contributed by atoms with Gasteiger partial charge in [-0.1, -0.05) is 12.1 Å². The van der Waals surface area contributed by atoms with Crippen LogP contribution in [0.4, 0.5) is 14.2 Å². The number of methoxy groups -OCH3 is 1. The SMILES string of the molecule is COC(=O)c1cc(-c2ccc(F)cc2)sc1NC(N)=O. The molecule has 3 N–H and O–H groups in total. The minimum Gasteiger partial charge on any atom is -0.465 e. The molecule has 1 aromatic heterocycles. The third kappa shape index (κ3) is 2.94. The lowest BCUT2D eigenvalue weighted by molar-refractivity contribution is 0.0602. The van der Waals surface area contributed by atoms with Crippen LogP contribution in [0.5, 0.6) is 0 Å². The van der Waals surface area contributed by atoms with Crippen molar-refractivity contribution in [1.82, 2.24) is 0 Å². The first kappa shape index (κ1) is 14.0. The molecule has 2 amide bonds. The minimum absolute atomic E-state index is 0.204. The Morgan fingerprint density at radius 1 is 1.30 bits per heavy atom. The van der Waals surface area contributed by atoms with Gasteiger partial charge in [0.25, 0.3) is 0 Å². The van der Waals surface area contributed by atoms with E-state index >= 15 is 0 Å². The minimum atomic E-state index is -0.775. The number of carbonyl (C=O) groups excluding carboxylic acids is 2. The molecule has 0 spiro atoms. The zero-order chi connectivity index (χ0) is 14.7. The van der Waals surface area contributed by atoms with E-state index < -0.39 is 12.0 Å². The number of rotatable bonds is 3. The summed E-state index contributed by atoms with van der Waals surface area (Å²) in [6.45, 7) is 0. The third-order valence-electron chi connectivity index (χ3n) is 2.50. The summed E-state index contributed by atoms with van der Waals surface area (Å²) in [5, 5.41) is 2.67. The molecule has 5 nitrogen and oxygen atoms in total. The van der Waals surface area contributed by atoms with E-state index in [9.17, 15) is 14.0 Å². The molecule has 1 heterocycles. The largest absolute Gasteiger partial charge is 0.465 e. The highest BCUT2D eigenvalue weighted by atomic mass is 32.1. The Kier molecular flexibility index (Phi) is 3.99. The maximum atomic E-state index is 12.9. The van der Waals surface area contributed by atoms with Crippen molar-refractivity contribution in [3.05, 3.63) is 41.7 Å². The number of hydrogen-bond donors (Lipinski definition) is 2. The predicted octanol–water partition coefficient (Wildman–Crippen LogP) is 2.83. The van der Waals surface area contributed by atoms with E-state index in [0.29, 0.717) is 9.88 Å². The highest BCUT2D eigenvalue weighted by Gasteiger charge is 2.18. The monoisotopic (exact) mass is 294 g/mol. The number of esters is 1. The van der Waals surface area contributed by atoms with Crippen LogP contribution in [0.25, 0.3) is 10.4 Å². The fourth-order valence-electron chi connectivity index (χ4n) is 1.61. The van der Waals surface area contributed by atoms with Gasteiger partial charge in [0, 0.05) is 4.88 Å². The topological polar surface area (TPSA) is 81.4 Å². The van der Waals surface area contributed by atoms with Gasteiger partial charge in [-0.15, -0.1) is 11.3 Å². The van der Waals surface area contributed by atoms with Crippen molar-refractivity contribution < 1.29 is 18.7 Å². The molecule has 0 saturated carbocycles. The lowest BCUT2D eigenvalue weighted by Gasteiger charge is -2.00. The number of benzene rings is 1. The van der Waals surface area contributed by atoms with Crippen molar-refractivity contribution >= 4 is 28.3 Å². The number of nitrogens with two attached hydrogens (primary N) is 1. The second-order valence-corrected chi connectivity index (χ2v) is 4.89. The van der Waals surface area contributed by atoms with E-state index in [-0.39, 0.29) is 11.4 Å². The second-order valence-electron chi connectivity index (χ2n) is 3.84. The van der Waals surface area contributed by atoms with Gasteiger partial charge in [-0.25, -0.2) is 14.0 Å². The van der Waals surface area contributed by atoms with Gasteiger partial charge in [-0.05, 0) is 23.8 Å². The average Bonchev–Trinajstić information content (AvgIpc) is 2.81. The molecule has 0 fully saturated rings. The smallest absolute Gasteiger partial charge is 0.340 e. The molecule has 0 unspecified atom stereocenters. The molecule has 0 saturated heterocycles. The van der Waals surface area contributed by atoms with Crippen LogP contribution in [0.1, 0.15) is 10.4 Å². The highest BCUT2D eigenvalue weighted by molar-refractivity contribution is 7.20. The summed E-state index contributed by atoms with van der Waals surface area (Å²) in [5.41, 5.74) is 5.98. The van der Waals surface area contributed by atoms with Crippen LogP contribution in [0, 0.1) is 5.82 Å². The van der Waals surface area contributed by atoms with Gasteiger partial charge in [0.15, 0.2) is 0 Å². The van der Waals surface area contributed by atoms with E-state index in [1.54, 1.807) is 18.2 Å². The summed E-state index contributed by atoms with van der Waals surface area (Å²) >= 11 is 1.16. The lowest BCUT2D eigenvalue weighted by atomic mass is 10.1. The van der Waals surface area contributed by atoms with Crippen molar-refractivity contribution in [3.63, 3.8) is 0 Å². The number of thiophene rings is 1. The first-order valence-electron chi connectivity index (χ1n) is 5.56. The van der Waals surface area contributed by atoms with Crippen LogP contribution in [0.3, 0.4) is 0 Å². The van der Waals surface area contributed by atoms with Crippen molar-refractivity contribution in [2.75, 3.05) is 12.4 Å². The summed E-state index contributed by atoms with van der Waals surface area (Å²) in [5.74, 6) is -0.938. The van der Waals surface area contributed by atoms with Crippen LogP contribution in [-0.2, 0) is 4.74 Å². The standard InChI is InChI=1S/C13H11FN2O3S/c1-19-12(17)9-6-10(20-11(9)16-13(15)18)7-2-4-8(14)5-3-7/h2-6H,1H3,(H3,15,16,18). The number of halogens is 1. The van der Waals surface area contributed by atoms with E-state index in [2.05, 4.69) is 10.1 Å². The van der Waals surface area contributed by atoms with Gasteiger partial charge < -0.3 is 10.5 Å². The van der Waals surface area contributed by atoms with Gasteiger partial charge in [-0.2, -0.15) is 0 Å². The number of carbonyl (C=O) groups is 2. The quantitative estimate of drug-likeness (QED) is 0.854. The molecular weight excluding hydrogens is 283 g/mol. The summed E-state index contributed by atoms with van der Waals surface area (Å²) in [6, 6.07) is 6.58. The van der Waals surface area contributed by atoms with Gasteiger partial charge in [0.05, 0.1) is 12.7 Å². The molecule has 7 heteroatoms. The van der Waals surface area contributed by atoms with Crippen molar-refractivity contribution in [2.24, 2.45) is 5.73 Å². The van der Waals surface area contributed by atoms with Crippen LogP contribution >= 0.6 is 11.3 Å². The average molecular weight is 294 g/mol. The zero-order valence-corrected chi connectivity index (χ0v) is 11.3. The molecule has 2 rings (SSSR count). The number of hydrogen-bond acceptors (Lipinski definition) is 4. The van der Waals surface area contributed by atoms with Crippen LogP contribution in [0.2, 0.25) is 0 Å². The fourth-order valence-corrected chi connectivity index (χ4v) is 2.67. The molecule has 0 aliphatic rings. The van der Waals surface area contributed by atoms with Gasteiger partial charge in [0.1, 0.15) is 10.8 Å². The summed E-state index contributed by atoms with van der Waals surface area (Å²) < 4.78 is 17.5. The molecule has 2 aromatic rings. The van der Waals surface area contributed by atoms with E-state index in [4.69, 9.17) is 5.73 Å². The molecule has 0 aliphatic heterocycles. The van der Waals surface area contributed by atoms with Crippen LogP contribution in [-0.4, -0.2) is 19.1 Å². The predicted molar refractivity (Wildman–Crippen MR) is 74.3 cm³/mol. The molecule has 0 bridgehead atoms. The second kappa shape index (κ2) is 5.70. The Morgan fingerprint density at radius 3 is 2.50 bits per heavy atom. The van der Waals surface area contributed by atoms with Crippen molar-refractivity contribution in [2.45, 2.75) is 0 Å². The molecule has 0 atom stereocenters.